The Hall–Kier alpha value is -0.380. The van der Waals surface area contributed by atoms with Gasteiger partial charge in [0.1, 0.15) is 0 Å². The number of rotatable bonds is 3. The number of hydrogen-bond acceptors (Lipinski definition) is 3. The zero-order valence-corrected chi connectivity index (χ0v) is 7.61. The number of hydrogen-bond donors (Lipinski definition) is 2. The second-order valence-electron chi connectivity index (χ2n) is 2.49. The highest BCUT2D eigenvalue weighted by atomic mass is 32.1. The maximum absolute atomic E-state index is 8.97. The molecule has 0 bridgehead atoms. The Morgan fingerprint density at radius 2 is 2.45 bits per heavy atom. The normalized spacial score (nSPS) is 13.4. The molecule has 3 heteroatoms. The van der Waals surface area contributed by atoms with Gasteiger partial charge in [0.2, 0.25) is 0 Å². The quantitative estimate of drug-likeness (QED) is 0.718. The molecule has 1 atom stereocenters. The first-order valence-corrected chi connectivity index (χ1v) is 4.49. The van der Waals surface area contributed by atoms with Crippen molar-refractivity contribution in [2.24, 2.45) is 0 Å². The highest BCUT2D eigenvalue weighted by Crippen LogP contribution is 2.22. The molecule has 0 radical (unpaired) electrons. The molecule has 0 spiro atoms. The van der Waals surface area contributed by atoms with Gasteiger partial charge in [-0.25, -0.2) is 0 Å². The Bertz CT molecular complexity index is 218. The van der Waals surface area contributed by atoms with E-state index in [0.29, 0.717) is 0 Å². The average molecular weight is 171 g/mol. The van der Waals surface area contributed by atoms with Crippen LogP contribution in [0.3, 0.4) is 0 Å². The molecular formula is C8H13NOS. The lowest BCUT2D eigenvalue weighted by Crippen LogP contribution is -2.19. The van der Waals surface area contributed by atoms with Crippen LogP contribution in [0.2, 0.25) is 0 Å². The van der Waals surface area contributed by atoms with E-state index >= 15 is 0 Å². The van der Waals surface area contributed by atoms with E-state index in [0.717, 1.165) is 0 Å². The molecule has 62 valence electrons. The van der Waals surface area contributed by atoms with Crippen molar-refractivity contribution in [3.05, 3.63) is 21.9 Å². The molecule has 0 aliphatic carbocycles. The van der Waals surface area contributed by atoms with Crippen molar-refractivity contribution in [2.45, 2.75) is 13.0 Å². The number of aliphatic hydroxyl groups excluding tert-OH is 1. The van der Waals surface area contributed by atoms with Gasteiger partial charge in [0.25, 0.3) is 0 Å². The van der Waals surface area contributed by atoms with Crippen LogP contribution in [0.25, 0.3) is 0 Å². The van der Waals surface area contributed by atoms with Crippen LogP contribution in [-0.4, -0.2) is 18.8 Å². The molecule has 0 amide bonds. The van der Waals surface area contributed by atoms with Crippen LogP contribution in [0.5, 0.6) is 0 Å². The van der Waals surface area contributed by atoms with Crippen molar-refractivity contribution >= 4 is 11.3 Å². The molecule has 2 N–H and O–H groups in total. The van der Waals surface area contributed by atoms with E-state index in [1.165, 1.54) is 10.4 Å². The summed E-state index contributed by atoms with van der Waals surface area (Å²) in [6, 6.07) is 2.18. The van der Waals surface area contributed by atoms with Gasteiger partial charge in [0.15, 0.2) is 0 Å². The van der Waals surface area contributed by atoms with E-state index in [-0.39, 0.29) is 12.6 Å². The lowest BCUT2D eigenvalue weighted by Gasteiger charge is -2.11. The minimum Gasteiger partial charge on any atom is -0.394 e. The number of thiophene rings is 1. The maximum Gasteiger partial charge on any atom is 0.0650 e. The van der Waals surface area contributed by atoms with Crippen LogP contribution >= 0.6 is 11.3 Å². The van der Waals surface area contributed by atoms with Crippen LogP contribution in [0, 0.1) is 6.92 Å². The highest BCUT2D eigenvalue weighted by molar-refractivity contribution is 7.10. The number of aliphatic hydroxyl groups is 1. The lowest BCUT2D eigenvalue weighted by molar-refractivity contribution is 0.252. The molecular weight excluding hydrogens is 158 g/mol. The standard InChI is InChI=1S/C8H13NOS/c1-6-3-4-11-8(6)7(5-10)9-2/h3-4,7,9-10H,5H2,1-2H3. The summed E-state index contributed by atoms with van der Waals surface area (Å²) >= 11 is 1.68. The molecule has 0 fully saturated rings. The van der Waals surface area contributed by atoms with Crippen LogP contribution in [0.15, 0.2) is 11.4 Å². The maximum atomic E-state index is 8.97. The molecule has 2 nitrogen and oxygen atoms in total. The smallest absolute Gasteiger partial charge is 0.0650 e. The lowest BCUT2D eigenvalue weighted by atomic mass is 10.2. The summed E-state index contributed by atoms with van der Waals surface area (Å²) in [6.45, 7) is 2.23. The van der Waals surface area contributed by atoms with Crippen LogP contribution in [0.1, 0.15) is 16.5 Å². The van der Waals surface area contributed by atoms with Gasteiger partial charge in [-0.15, -0.1) is 11.3 Å². The Morgan fingerprint density at radius 1 is 1.73 bits per heavy atom. The van der Waals surface area contributed by atoms with Gasteiger partial charge in [-0.3, -0.25) is 0 Å². The van der Waals surface area contributed by atoms with Gasteiger partial charge in [-0.05, 0) is 31.0 Å². The monoisotopic (exact) mass is 171 g/mol. The SMILES string of the molecule is CNC(CO)c1sccc1C. The molecule has 0 saturated carbocycles. The molecule has 11 heavy (non-hydrogen) atoms. The highest BCUT2D eigenvalue weighted by Gasteiger charge is 2.10. The largest absolute Gasteiger partial charge is 0.394 e. The minimum atomic E-state index is 0.106. The van der Waals surface area contributed by atoms with Crippen molar-refractivity contribution in [3.63, 3.8) is 0 Å². The van der Waals surface area contributed by atoms with Gasteiger partial charge >= 0.3 is 0 Å². The molecule has 1 heterocycles. The summed E-state index contributed by atoms with van der Waals surface area (Å²) in [6.07, 6.45) is 0. The van der Waals surface area contributed by atoms with Gasteiger partial charge in [0, 0.05) is 4.88 Å². The first-order chi connectivity index (χ1) is 5.29. The van der Waals surface area contributed by atoms with Crippen LogP contribution < -0.4 is 5.32 Å². The third-order valence-electron chi connectivity index (χ3n) is 1.75. The number of aryl methyl sites for hydroxylation is 1. The number of likely N-dealkylation sites (N-methyl/N-ethyl adjacent to an activating group) is 1. The fraction of sp³-hybridized carbons (Fsp3) is 0.500. The molecule has 0 aliphatic heterocycles. The first-order valence-electron chi connectivity index (χ1n) is 3.61. The second kappa shape index (κ2) is 3.85. The third kappa shape index (κ3) is 1.80. The summed E-state index contributed by atoms with van der Waals surface area (Å²) in [7, 11) is 1.86. The van der Waals surface area contributed by atoms with Crippen molar-refractivity contribution in [3.8, 4) is 0 Å². The third-order valence-corrected chi connectivity index (χ3v) is 2.88. The van der Waals surface area contributed by atoms with Crippen molar-refractivity contribution < 1.29 is 5.11 Å². The van der Waals surface area contributed by atoms with E-state index in [2.05, 4.69) is 18.3 Å². The summed E-state index contributed by atoms with van der Waals surface area (Å²) < 4.78 is 0. The Morgan fingerprint density at radius 3 is 2.82 bits per heavy atom. The average Bonchev–Trinajstić information content (AvgIpc) is 2.40. The topological polar surface area (TPSA) is 32.3 Å². The van der Waals surface area contributed by atoms with E-state index in [1.807, 2.05) is 12.4 Å². The second-order valence-corrected chi connectivity index (χ2v) is 3.44. The molecule has 1 aromatic rings. The summed E-state index contributed by atoms with van der Waals surface area (Å²) in [5.74, 6) is 0. The van der Waals surface area contributed by atoms with E-state index in [4.69, 9.17) is 5.11 Å². The molecule has 0 aliphatic rings. The van der Waals surface area contributed by atoms with Crippen molar-refractivity contribution in [1.82, 2.24) is 5.32 Å². The predicted octanol–water partition coefficient (Wildman–Crippen LogP) is 1.31. The molecule has 0 aromatic carbocycles. The molecule has 0 saturated heterocycles. The van der Waals surface area contributed by atoms with E-state index in [9.17, 15) is 0 Å². The zero-order chi connectivity index (χ0) is 8.27. The van der Waals surface area contributed by atoms with Gasteiger partial charge < -0.3 is 10.4 Å². The summed E-state index contributed by atoms with van der Waals surface area (Å²) in [5, 5.41) is 14.1. The molecule has 1 rings (SSSR count). The Kier molecular flexibility index (Phi) is 3.05. The molecule has 1 aromatic heterocycles. The number of nitrogens with one attached hydrogen (secondary N) is 1. The predicted molar refractivity (Wildman–Crippen MR) is 47.9 cm³/mol. The van der Waals surface area contributed by atoms with Crippen LogP contribution in [0.4, 0.5) is 0 Å². The van der Waals surface area contributed by atoms with Gasteiger partial charge in [0.05, 0.1) is 12.6 Å². The Labute approximate surface area is 70.9 Å². The fourth-order valence-corrected chi connectivity index (χ4v) is 2.08. The van der Waals surface area contributed by atoms with Gasteiger partial charge in [-0.2, -0.15) is 0 Å². The van der Waals surface area contributed by atoms with Crippen molar-refractivity contribution in [2.75, 3.05) is 13.7 Å². The van der Waals surface area contributed by atoms with E-state index in [1.54, 1.807) is 11.3 Å². The van der Waals surface area contributed by atoms with Crippen molar-refractivity contribution in [1.29, 1.82) is 0 Å². The minimum absolute atomic E-state index is 0.106. The van der Waals surface area contributed by atoms with E-state index < -0.39 is 0 Å². The first kappa shape index (κ1) is 8.71. The molecule has 1 unspecified atom stereocenters. The Balaban J connectivity index is 2.81. The van der Waals surface area contributed by atoms with Crippen LogP contribution in [-0.2, 0) is 0 Å². The summed E-state index contributed by atoms with van der Waals surface area (Å²) in [4.78, 5) is 1.23. The summed E-state index contributed by atoms with van der Waals surface area (Å²) in [5.41, 5.74) is 1.25. The zero-order valence-electron chi connectivity index (χ0n) is 6.79. The van der Waals surface area contributed by atoms with Gasteiger partial charge in [-0.1, -0.05) is 0 Å². The fourth-order valence-electron chi connectivity index (χ4n) is 1.05.